The Bertz CT molecular complexity index is 435. The van der Waals surface area contributed by atoms with Crippen molar-refractivity contribution in [3.63, 3.8) is 0 Å². The molecular formula is C17H26N2. The highest BCUT2D eigenvalue weighted by Gasteiger charge is 2.30. The molecule has 0 aromatic heterocycles. The molecule has 2 atom stereocenters. The number of nitrogens with one attached hydrogen (secondary N) is 1. The number of benzene rings is 1. The third-order valence-corrected chi connectivity index (χ3v) is 4.72. The van der Waals surface area contributed by atoms with Crippen LogP contribution < -0.4 is 5.32 Å². The number of fused-ring (bicyclic) bond motifs is 1. The summed E-state index contributed by atoms with van der Waals surface area (Å²) in [5, 5.41) is 3.72. The Balaban J connectivity index is 1.94. The second kappa shape index (κ2) is 5.54. The van der Waals surface area contributed by atoms with Gasteiger partial charge in [0, 0.05) is 17.8 Å². The maximum atomic E-state index is 3.72. The van der Waals surface area contributed by atoms with E-state index < -0.39 is 0 Å². The van der Waals surface area contributed by atoms with Crippen molar-refractivity contribution in [2.45, 2.75) is 58.0 Å². The number of para-hydroxylation sites is 1. The van der Waals surface area contributed by atoms with E-state index in [0.29, 0.717) is 12.1 Å². The van der Waals surface area contributed by atoms with Crippen LogP contribution in [0.4, 0.5) is 5.69 Å². The minimum absolute atomic E-state index is 0.590. The van der Waals surface area contributed by atoms with E-state index in [9.17, 15) is 0 Å². The van der Waals surface area contributed by atoms with Gasteiger partial charge < -0.3 is 5.32 Å². The van der Waals surface area contributed by atoms with E-state index in [4.69, 9.17) is 0 Å². The van der Waals surface area contributed by atoms with E-state index in [-0.39, 0.29) is 0 Å². The Kier molecular flexibility index (Phi) is 3.79. The number of aryl methyl sites for hydroxylation is 1. The SMILES string of the molecule is CCc1cccc2c1NC(C)CC2N1CCCCC1. The summed E-state index contributed by atoms with van der Waals surface area (Å²) in [6.07, 6.45) is 6.54. The van der Waals surface area contributed by atoms with Crippen LogP contribution in [0.3, 0.4) is 0 Å². The first-order valence-corrected chi connectivity index (χ1v) is 7.92. The third kappa shape index (κ3) is 2.51. The lowest BCUT2D eigenvalue weighted by Gasteiger charge is -2.41. The molecule has 2 aliphatic heterocycles. The average Bonchev–Trinajstić information content (AvgIpc) is 2.46. The number of hydrogen-bond acceptors (Lipinski definition) is 2. The number of nitrogens with zero attached hydrogens (tertiary/aromatic N) is 1. The van der Waals surface area contributed by atoms with Gasteiger partial charge in [0.15, 0.2) is 0 Å². The van der Waals surface area contributed by atoms with Gasteiger partial charge in [0.2, 0.25) is 0 Å². The van der Waals surface area contributed by atoms with Gasteiger partial charge in [-0.25, -0.2) is 0 Å². The molecule has 0 aliphatic carbocycles. The number of piperidine rings is 1. The molecule has 0 spiro atoms. The normalized spacial score (nSPS) is 27.7. The first-order chi connectivity index (χ1) is 9.29. The third-order valence-electron chi connectivity index (χ3n) is 4.72. The maximum Gasteiger partial charge on any atom is 0.0423 e. The van der Waals surface area contributed by atoms with Crippen LogP contribution in [-0.4, -0.2) is 24.0 Å². The molecule has 1 fully saturated rings. The van der Waals surface area contributed by atoms with E-state index in [1.54, 1.807) is 5.56 Å². The van der Waals surface area contributed by atoms with Gasteiger partial charge in [-0.2, -0.15) is 0 Å². The fourth-order valence-corrected chi connectivity index (χ4v) is 3.71. The number of rotatable bonds is 2. The zero-order chi connectivity index (χ0) is 13.2. The minimum Gasteiger partial charge on any atom is -0.382 e. The summed E-state index contributed by atoms with van der Waals surface area (Å²) in [6.45, 7) is 7.15. The molecule has 3 rings (SSSR count). The zero-order valence-electron chi connectivity index (χ0n) is 12.3. The Morgan fingerprint density at radius 2 is 2.00 bits per heavy atom. The summed E-state index contributed by atoms with van der Waals surface area (Å²) in [7, 11) is 0. The molecule has 1 saturated heterocycles. The summed E-state index contributed by atoms with van der Waals surface area (Å²) in [6, 6.07) is 8.08. The van der Waals surface area contributed by atoms with Gasteiger partial charge in [0.05, 0.1) is 0 Å². The lowest BCUT2D eigenvalue weighted by Crippen LogP contribution is -2.39. The predicted octanol–water partition coefficient (Wildman–Crippen LogP) is 3.98. The van der Waals surface area contributed by atoms with E-state index in [1.807, 2.05) is 0 Å². The smallest absolute Gasteiger partial charge is 0.0423 e. The molecule has 2 heterocycles. The molecule has 104 valence electrons. The zero-order valence-corrected chi connectivity index (χ0v) is 12.3. The molecule has 2 aliphatic rings. The topological polar surface area (TPSA) is 15.3 Å². The van der Waals surface area contributed by atoms with Gasteiger partial charge in [-0.1, -0.05) is 31.5 Å². The second-order valence-corrected chi connectivity index (χ2v) is 6.13. The largest absolute Gasteiger partial charge is 0.382 e. The lowest BCUT2D eigenvalue weighted by atomic mass is 9.88. The van der Waals surface area contributed by atoms with Crippen LogP contribution >= 0.6 is 0 Å². The Labute approximate surface area is 117 Å². The standard InChI is InChI=1S/C17H26N2/c1-3-14-8-7-9-15-16(12-13(2)18-17(14)15)19-10-5-4-6-11-19/h7-9,13,16,18H,3-6,10-12H2,1-2H3. The van der Waals surface area contributed by atoms with Gasteiger partial charge >= 0.3 is 0 Å². The maximum absolute atomic E-state index is 3.72. The highest BCUT2D eigenvalue weighted by Crippen LogP contribution is 2.39. The van der Waals surface area contributed by atoms with Crippen molar-refractivity contribution in [1.82, 2.24) is 4.90 Å². The molecule has 2 nitrogen and oxygen atoms in total. The highest BCUT2D eigenvalue weighted by atomic mass is 15.2. The molecule has 19 heavy (non-hydrogen) atoms. The summed E-state index contributed by atoms with van der Waals surface area (Å²) in [5.41, 5.74) is 4.45. The second-order valence-electron chi connectivity index (χ2n) is 6.13. The molecule has 1 N–H and O–H groups in total. The van der Waals surface area contributed by atoms with Crippen LogP contribution in [0.1, 0.15) is 56.7 Å². The molecule has 1 aromatic rings. The summed E-state index contributed by atoms with van der Waals surface area (Å²) in [5.74, 6) is 0. The van der Waals surface area contributed by atoms with Crippen LogP contribution in [0.2, 0.25) is 0 Å². The first-order valence-electron chi connectivity index (χ1n) is 7.92. The number of anilines is 1. The lowest BCUT2D eigenvalue weighted by molar-refractivity contribution is 0.149. The fraction of sp³-hybridized carbons (Fsp3) is 0.647. The Hall–Kier alpha value is -1.02. The molecule has 1 aromatic carbocycles. The molecule has 0 saturated carbocycles. The summed E-state index contributed by atoms with van der Waals surface area (Å²) < 4.78 is 0. The quantitative estimate of drug-likeness (QED) is 0.863. The van der Waals surface area contributed by atoms with Gasteiger partial charge in [0.25, 0.3) is 0 Å². The van der Waals surface area contributed by atoms with Crippen molar-refractivity contribution in [2.24, 2.45) is 0 Å². The van der Waals surface area contributed by atoms with Crippen LogP contribution in [0.15, 0.2) is 18.2 Å². The van der Waals surface area contributed by atoms with Crippen molar-refractivity contribution in [3.8, 4) is 0 Å². The Morgan fingerprint density at radius 1 is 1.21 bits per heavy atom. The summed E-state index contributed by atoms with van der Waals surface area (Å²) in [4.78, 5) is 2.72. The van der Waals surface area contributed by atoms with Crippen LogP contribution in [0.25, 0.3) is 0 Å². The van der Waals surface area contributed by atoms with E-state index >= 15 is 0 Å². The highest BCUT2D eigenvalue weighted by molar-refractivity contribution is 5.61. The van der Waals surface area contributed by atoms with Gasteiger partial charge in [-0.3, -0.25) is 4.90 Å². The van der Waals surface area contributed by atoms with Crippen LogP contribution in [0.5, 0.6) is 0 Å². The number of hydrogen-bond donors (Lipinski definition) is 1. The molecule has 0 amide bonds. The monoisotopic (exact) mass is 258 g/mol. The van der Waals surface area contributed by atoms with Crippen LogP contribution in [-0.2, 0) is 6.42 Å². The van der Waals surface area contributed by atoms with Crippen molar-refractivity contribution >= 4 is 5.69 Å². The van der Waals surface area contributed by atoms with Crippen molar-refractivity contribution < 1.29 is 0 Å². The molecule has 2 unspecified atom stereocenters. The first kappa shape index (κ1) is 13.0. The minimum atomic E-state index is 0.590. The van der Waals surface area contributed by atoms with Gasteiger partial charge in [-0.05, 0) is 56.8 Å². The fourth-order valence-electron chi connectivity index (χ4n) is 3.71. The van der Waals surface area contributed by atoms with Crippen molar-refractivity contribution in [3.05, 3.63) is 29.3 Å². The molecule has 2 heteroatoms. The predicted molar refractivity (Wildman–Crippen MR) is 81.7 cm³/mol. The van der Waals surface area contributed by atoms with Crippen molar-refractivity contribution in [1.29, 1.82) is 0 Å². The van der Waals surface area contributed by atoms with E-state index in [0.717, 1.165) is 6.42 Å². The van der Waals surface area contributed by atoms with Gasteiger partial charge in [0.1, 0.15) is 0 Å². The molecular weight excluding hydrogens is 232 g/mol. The average molecular weight is 258 g/mol. The van der Waals surface area contributed by atoms with Crippen molar-refractivity contribution in [2.75, 3.05) is 18.4 Å². The molecule has 0 bridgehead atoms. The Morgan fingerprint density at radius 3 is 2.74 bits per heavy atom. The van der Waals surface area contributed by atoms with Gasteiger partial charge in [-0.15, -0.1) is 0 Å². The molecule has 0 radical (unpaired) electrons. The van der Waals surface area contributed by atoms with E-state index in [1.165, 1.54) is 50.0 Å². The number of likely N-dealkylation sites (tertiary alicyclic amines) is 1. The summed E-state index contributed by atoms with van der Waals surface area (Å²) >= 11 is 0. The van der Waals surface area contributed by atoms with Crippen LogP contribution in [0, 0.1) is 0 Å². The van der Waals surface area contributed by atoms with E-state index in [2.05, 4.69) is 42.3 Å².